The van der Waals surface area contributed by atoms with E-state index in [4.69, 9.17) is 0 Å². The zero-order valence-corrected chi connectivity index (χ0v) is 10.4. The van der Waals surface area contributed by atoms with E-state index in [1.165, 1.54) is 0 Å². The Morgan fingerprint density at radius 2 is 2.06 bits per heavy atom. The molecule has 6 nitrogen and oxygen atoms in total. The number of rotatable bonds is 2. The van der Waals surface area contributed by atoms with Crippen molar-refractivity contribution in [2.75, 3.05) is 13.1 Å². The fourth-order valence-electron chi connectivity index (χ4n) is 2.49. The van der Waals surface area contributed by atoms with Crippen molar-refractivity contribution in [2.45, 2.75) is 50.3 Å². The van der Waals surface area contributed by atoms with E-state index in [2.05, 4.69) is 16.0 Å². The summed E-state index contributed by atoms with van der Waals surface area (Å²) >= 11 is 0. The molecule has 4 N–H and O–H groups in total. The summed E-state index contributed by atoms with van der Waals surface area (Å²) in [7, 11) is 0. The van der Waals surface area contributed by atoms with Crippen LogP contribution in [-0.2, 0) is 9.59 Å². The van der Waals surface area contributed by atoms with Gasteiger partial charge in [0, 0.05) is 6.54 Å². The molecule has 0 spiro atoms. The van der Waals surface area contributed by atoms with E-state index in [1.54, 1.807) is 0 Å². The Morgan fingerprint density at radius 1 is 1.28 bits per heavy atom. The Bertz CT molecular complexity index is 312. The minimum Gasteiger partial charge on any atom is -0.391 e. The van der Waals surface area contributed by atoms with Crippen molar-refractivity contribution < 1.29 is 14.7 Å². The lowest BCUT2D eigenvalue weighted by Crippen LogP contribution is -2.60. The molecule has 102 valence electrons. The molecule has 3 unspecified atom stereocenters. The third-order valence-electron chi connectivity index (χ3n) is 3.64. The Hall–Kier alpha value is -1.14. The van der Waals surface area contributed by atoms with Gasteiger partial charge in [-0.2, -0.15) is 0 Å². The molecule has 1 heterocycles. The zero-order valence-electron chi connectivity index (χ0n) is 10.4. The summed E-state index contributed by atoms with van der Waals surface area (Å²) < 4.78 is 0. The molecule has 3 atom stereocenters. The Morgan fingerprint density at radius 3 is 2.78 bits per heavy atom. The average Bonchev–Trinajstić information content (AvgIpc) is 2.56. The molecule has 2 amide bonds. The quantitative estimate of drug-likeness (QED) is 0.471. The lowest BCUT2D eigenvalue weighted by Gasteiger charge is -2.27. The van der Waals surface area contributed by atoms with Crippen LogP contribution in [0.15, 0.2) is 0 Å². The van der Waals surface area contributed by atoms with E-state index in [0.29, 0.717) is 6.54 Å². The summed E-state index contributed by atoms with van der Waals surface area (Å²) in [5.41, 5.74) is 0. The molecule has 0 radical (unpaired) electrons. The van der Waals surface area contributed by atoms with Crippen molar-refractivity contribution in [1.82, 2.24) is 16.0 Å². The van der Waals surface area contributed by atoms with Gasteiger partial charge in [-0.3, -0.25) is 14.9 Å². The first-order valence-corrected chi connectivity index (χ1v) is 6.65. The van der Waals surface area contributed by atoms with Gasteiger partial charge in [0.15, 0.2) is 0 Å². The second kappa shape index (κ2) is 6.15. The van der Waals surface area contributed by atoms with Crippen LogP contribution in [0.2, 0.25) is 0 Å². The fraction of sp³-hybridized carbons (Fsp3) is 0.833. The summed E-state index contributed by atoms with van der Waals surface area (Å²) in [6, 6.07) is -0.544. The van der Waals surface area contributed by atoms with Gasteiger partial charge in [0.2, 0.25) is 11.8 Å². The van der Waals surface area contributed by atoms with Crippen molar-refractivity contribution >= 4 is 11.8 Å². The van der Waals surface area contributed by atoms with Crippen molar-refractivity contribution in [2.24, 2.45) is 0 Å². The third kappa shape index (κ3) is 3.43. The number of carbonyl (C=O) groups is 2. The van der Waals surface area contributed by atoms with Crippen LogP contribution < -0.4 is 16.0 Å². The minimum atomic E-state index is -0.449. The van der Waals surface area contributed by atoms with E-state index < -0.39 is 12.1 Å². The number of hydrogen-bond donors (Lipinski definition) is 4. The number of aliphatic hydroxyl groups is 1. The highest BCUT2D eigenvalue weighted by atomic mass is 16.3. The first-order valence-electron chi connectivity index (χ1n) is 6.65. The van der Waals surface area contributed by atoms with E-state index in [9.17, 15) is 14.7 Å². The van der Waals surface area contributed by atoms with Gasteiger partial charge >= 0.3 is 0 Å². The van der Waals surface area contributed by atoms with E-state index in [-0.39, 0.29) is 24.4 Å². The number of piperazine rings is 1. The van der Waals surface area contributed by atoms with Crippen LogP contribution in [0.1, 0.15) is 32.1 Å². The van der Waals surface area contributed by atoms with Gasteiger partial charge in [-0.15, -0.1) is 0 Å². The third-order valence-corrected chi connectivity index (χ3v) is 3.64. The lowest BCUT2D eigenvalue weighted by atomic mass is 10.1. The van der Waals surface area contributed by atoms with Crippen LogP contribution in [0.4, 0.5) is 0 Å². The largest absolute Gasteiger partial charge is 0.391 e. The van der Waals surface area contributed by atoms with Crippen LogP contribution >= 0.6 is 0 Å². The van der Waals surface area contributed by atoms with Crippen LogP contribution in [-0.4, -0.2) is 48.2 Å². The molecule has 0 aromatic heterocycles. The summed E-state index contributed by atoms with van der Waals surface area (Å²) in [6.07, 6.45) is 4.30. The second-order valence-electron chi connectivity index (χ2n) is 5.06. The highest BCUT2D eigenvalue weighted by molar-refractivity contribution is 5.86. The maximum atomic E-state index is 12.0. The minimum absolute atomic E-state index is 0.0893. The number of aliphatic hydroxyl groups excluding tert-OH is 1. The Labute approximate surface area is 107 Å². The van der Waals surface area contributed by atoms with Crippen molar-refractivity contribution in [3.63, 3.8) is 0 Å². The van der Waals surface area contributed by atoms with Gasteiger partial charge in [0.1, 0.15) is 6.04 Å². The SMILES string of the molecule is O=C1CNC(C(=O)NC2CCCCCC2O)CN1. The van der Waals surface area contributed by atoms with Crippen molar-refractivity contribution in [3.8, 4) is 0 Å². The molecule has 1 aliphatic heterocycles. The summed E-state index contributed by atoms with van der Waals surface area (Å²) in [5, 5.41) is 18.4. The maximum absolute atomic E-state index is 12.0. The van der Waals surface area contributed by atoms with Gasteiger partial charge in [0.05, 0.1) is 18.7 Å². The van der Waals surface area contributed by atoms with Gasteiger partial charge in [0.25, 0.3) is 0 Å². The number of carbonyl (C=O) groups excluding carboxylic acids is 2. The molecule has 2 rings (SSSR count). The molecule has 0 aromatic carbocycles. The molecule has 1 saturated carbocycles. The molecular weight excluding hydrogens is 234 g/mol. The Balaban J connectivity index is 1.84. The van der Waals surface area contributed by atoms with E-state index in [0.717, 1.165) is 32.1 Å². The normalized spacial score (nSPS) is 33.4. The molecule has 6 heteroatoms. The van der Waals surface area contributed by atoms with Gasteiger partial charge in [-0.05, 0) is 12.8 Å². The second-order valence-corrected chi connectivity index (χ2v) is 5.06. The first-order chi connectivity index (χ1) is 8.66. The number of amides is 2. The topological polar surface area (TPSA) is 90.5 Å². The van der Waals surface area contributed by atoms with Crippen LogP contribution in [0.3, 0.4) is 0 Å². The van der Waals surface area contributed by atoms with Crippen molar-refractivity contribution in [3.05, 3.63) is 0 Å². The number of hydrogen-bond acceptors (Lipinski definition) is 4. The van der Waals surface area contributed by atoms with Gasteiger partial charge < -0.3 is 15.7 Å². The zero-order chi connectivity index (χ0) is 13.0. The summed E-state index contributed by atoms with van der Waals surface area (Å²) in [4.78, 5) is 23.0. The monoisotopic (exact) mass is 255 g/mol. The van der Waals surface area contributed by atoms with E-state index >= 15 is 0 Å². The van der Waals surface area contributed by atoms with Crippen molar-refractivity contribution in [1.29, 1.82) is 0 Å². The standard InChI is InChI=1S/C12H21N3O3/c16-10-5-3-1-2-4-8(10)15-12(18)9-6-14-11(17)7-13-9/h8-10,13,16H,1-7H2,(H,14,17)(H,15,18). The molecular formula is C12H21N3O3. The number of nitrogens with one attached hydrogen (secondary N) is 3. The highest BCUT2D eigenvalue weighted by Gasteiger charge is 2.28. The molecule has 1 aliphatic carbocycles. The van der Waals surface area contributed by atoms with Gasteiger partial charge in [-0.25, -0.2) is 0 Å². The predicted molar refractivity (Wildman–Crippen MR) is 65.8 cm³/mol. The molecule has 18 heavy (non-hydrogen) atoms. The molecule has 1 saturated heterocycles. The van der Waals surface area contributed by atoms with Crippen LogP contribution in [0.5, 0.6) is 0 Å². The molecule has 2 aliphatic rings. The van der Waals surface area contributed by atoms with E-state index in [1.807, 2.05) is 0 Å². The fourth-order valence-corrected chi connectivity index (χ4v) is 2.49. The molecule has 0 bridgehead atoms. The highest BCUT2D eigenvalue weighted by Crippen LogP contribution is 2.18. The summed E-state index contributed by atoms with van der Waals surface area (Å²) in [5.74, 6) is -0.227. The first kappa shape index (κ1) is 13.3. The Kier molecular flexibility index (Phi) is 4.54. The summed E-state index contributed by atoms with van der Waals surface area (Å²) in [6.45, 7) is 0.485. The lowest BCUT2D eigenvalue weighted by molar-refractivity contribution is -0.127. The molecule has 2 fully saturated rings. The van der Waals surface area contributed by atoms with Crippen LogP contribution in [0.25, 0.3) is 0 Å². The van der Waals surface area contributed by atoms with Gasteiger partial charge in [-0.1, -0.05) is 19.3 Å². The average molecular weight is 255 g/mol. The smallest absolute Gasteiger partial charge is 0.239 e. The predicted octanol–water partition coefficient (Wildman–Crippen LogP) is -1.12. The molecule has 0 aromatic rings. The van der Waals surface area contributed by atoms with Crippen LogP contribution in [0, 0.1) is 0 Å². The maximum Gasteiger partial charge on any atom is 0.239 e.